The normalized spacial score (nSPS) is 14.2. The molecule has 1 aromatic rings. The zero-order valence-corrected chi connectivity index (χ0v) is 11.0. The SMILES string of the molecule is Cc1ccc(CN[C@H](C)C[C@@H](C)O)cc1[N+](=O)[O-]. The second-order valence-electron chi connectivity index (χ2n) is 4.74. The molecule has 0 aromatic heterocycles. The van der Waals surface area contributed by atoms with Crippen LogP contribution in [0.1, 0.15) is 31.4 Å². The Bertz CT molecular complexity index is 419. The van der Waals surface area contributed by atoms with E-state index in [9.17, 15) is 15.2 Å². The number of benzene rings is 1. The van der Waals surface area contributed by atoms with Gasteiger partial charge in [-0.25, -0.2) is 0 Å². The van der Waals surface area contributed by atoms with Crippen molar-refractivity contribution in [1.82, 2.24) is 5.32 Å². The minimum Gasteiger partial charge on any atom is -0.393 e. The average molecular weight is 252 g/mol. The maximum absolute atomic E-state index is 10.8. The molecule has 0 spiro atoms. The fourth-order valence-electron chi connectivity index (χ4n) is 1.85. The lowest BCUT2D eigenvalue weighted by Gasteiger charge is -2.15. The summed E-state index contributed by atoms with van der Waals surface area (Å²) in [7, 11) is 0. The van der Waals surface area contributed by atoms with Crippen molar-refractivity contribution in [1.29, 1.82) is 0 Å². The van der Waals surface area contributed by atoms with Crippen molar-refractivity contribution in [3.05, 3.63) is 39.4 Å². The van der Waals surface area contributed by atoms with Gasteiger partial charge in [-0.1, -0.05) is 12.1 Å². The lowest BCUT2D eigenvalue weighted by atomic mass is 10.1. The summed E-state index contributed by atoms with van der Waals surface area (Å²) in [5.74, 6) is 0. The van der Waals surface area contributed by atoms with Gasteiger partial charge in [-0.15, -0.1) is 0 Å². The van der Waals surface area contributed by atoms with Crippen LogP contribution in [0.2, 0.25) is 0 Å². The lowest BCUT2D eigenvalue weighted by Crippen LogP contribution is -2.28. The third kappa shape index (κ3) is 4.43. The molecule has 0 aliphatic heterocycles. The summed E-state index contributed by atoms with van der Waals surface area (Å²) < 4.78 is 0. The van der Waals surface area contributed by atoms with Crippen molar-refractivity contribution >= 4 is 5.69 Å². The van der Waals surface area contributed by atoms with Crippen LogP contribution in [0.4, 0.5) is 5.69 Å². The van der Waals surface area contributed by atoms with Crippen LogP contribution in [0.15, 0.2) is 18.2 Å². The van der Waals surface area contributed by atoms with Gasteiger partial charge in [0.05, 0.1) is 11.0 Å². The van der Waals surface area contributed by atoms with Crippen molar-refractivity contribution in [3.63, 3.8) is 0 Å². The van der Waals surface area contributed by atoms with Crippen LogP contribution in [0.3, 0.4) is 0 Å². The molecular weight excluding hydrogens is 232 g/mol. The van der Waals surface area contributed by atoms with Crippen molar-refractivity contribution in [2.45, 2.75) is 45.9 Å². The van der Waals surface area contributed by atoms with E-state index < -0.39 is 0 Å². The highest BCUT2D eigenvalue weighted by Crippen LogP contribution is 2.19. The van der Waals surface area contributed by atoms with Gasteiger partial charge in [0.25, 0.3) is 5.69 Å². The first-order valence-electron chi connectivity index (χ1n) is 6.05. The topological polar surface area (TPSA) is 75.4 Å². The second kappa shape index (κ2) is 6.47. The number of nitrogens with zero attached hydrogens (tertiary/aromatic N) is 1. The maximum Gasteiger partial charge on any atom is 0.272 e. The molecule has 0 fully saturated rings. The maximum atomic E-state index is 10.8. The van der Waals surface area contributed by atoms with Crippen molar-refractivity contribution < 1.29 is 10.0 Å². The van der Waals surface area contributed by atoms with Gasteiger partial charge >= 0.3 is 0 Å². The van der Waals surface area contributed by atoms with E-state index in [1.165, 1.54) is 0 Å². The number of hydrogen-bond donors (Lipinski definition) is 2. The Morgan fingerprint density at radius 3 is 2.67 bits per heavy atom. The molecule has 0 saturated carbocycles. The highest BCUT2D eigenvalue weighted by Gasteiger charge is 2.11. The molecule has 5 heteroatoms. The summed E-state index contributed by atoms with van der Waals surface area (Å²) in [5, 5.41) is 23.3. The molecular formula is C13H20N2O3. The molecule has 0 aliphatic rings. The van der Waals surface area contributed by atoms with E-state index in [-0.39, 0.29) is 22.8 Å². The Labute approximate surface area is 107 Å². The van der Waals surface area contributed by atoms with E-state index in [0.717, 1.165) is 5.56 Å². The van der Waals surface area contributed by atoms with Crippen LogP contribution >= 0.6 is 0 Å². The first-order valence-corrected chi connectivity index (χ1v) is 6.05. The molecule has 18 heavy (non-hydrogen) atoms. The first-order chi connectivity index (χ1) is 8.40. The number of aliphatic hydroxyl groups excluding tert-OH is 1. The molecule has 1 rings (SSSR count). The van der Waals surface area contributed by atoms with Crippen LogP contribution in [0.5, 0.6) is 0 Å². The van der Waals surface area contributed by atoms with Gasteiger partial charge in [0.1, 0.15) is 0 Å². The zero-order valence-electron chi connectivity index (χ0n) is 11.0. The molecule has 2 N–H and O–H groups in total. The molecule has 0 aliphatic carbocycles. The van der Waals surface area contributed by atoms with Crippen molar-refractivity contribution in [2.75, 3.05) is 0 Å². The molecule has 5 nitrogen and oxygen atoms in total. The monoisotopic (exact) mass is 252 g/mol. The first kappa shape index (κ1) is 14.6. The van der Waals surface area contributed by atoms with Crippen molar-refractivity contribution in [2.24, 2.45) is 0 Å². The van der Waals surface area contributed by atoms with E-state index in [1.807, 2.05) is 13.0 Å². The minimum atomic E-state index is -0.363. The van der Waals surface area contributed by atoms with Gasteiger partial charge < -0.3 is 10.4 Å². The summed E-state index contributed by atoms with van der Waals surface area (Å²) in [5.41, 5.74) is 1.70. The summed E-state index contributed by atoms with van der Waals surface area (Å²) in [6.07, 6.45) is 0.313. The van der Waals surface area contributed by atoms with Gasteiger partial charge in [0.2, 0.25) is 0 Å². The molecule has 0 radical (unpaired) electrons. The van der Waals surface area contributed by atoms with E-state index in [1.54, 1.807) is 26.0 Å². The highest BCUT2D eigenvalue weighted by atomic mass is 16.6. The van der Waals surface area contributed by atoms with E-state index in [0.29, 0.717) is 18.5 Å². The van der Waals surface area contributed by atoms with Crippen LogP contribution < -0.4 is 5.32 Å². The van der Waals surface area contributed by atoms with Gasteiger partial charge in [-0.3, -0.25) is 10.1 Å². The molecule has 1 aromatic carbocycles. The number of nitro benzene ring substituents is 1. The molecule has 0 heterocycles. The van der Waals surface area contributed by atoms with Gasteiger partial charge in [-0.05, 0) is 32.8 Å². The van der Waals surface area contributed by atoms with Crippen LogP contribution in [-0.2, 0) is 6.54 Å². The lowest BCUT2D eigenvalue weighted by molar-refractivity contribution is -0.385. The van der Waals surface area contributed by atoms with Crippen LogP contribution in [-0.4, -0.2) is 22.2 Å². The Morgan fingerprint density at radius 1 is 1.44 bits per heavy atom. The fraction of sp³-hybridized carbons (Fsp3) is 0.538. The zero-order chi connectivity index (χ0) is 13.7. The number of rotatable bonds is 6. The minimum absolute atomic E-state index is 0.150. The van der Waals surface area contributed by atoms with E-state index in [2.05, 4.69) is 5.32 Å². The Morgan fingerprint density at radius 2 is 2.11 bits per heavy atom. The molecule has 0 amide bonds. The van der Waals surface area contributed by atoms with Gasteiger partial charge in [-0.2, -0.15) is 0 Å². The van der Waals surface area contributed by atoms with E-state index >= 15 is 0 Å². The van der Waals surface area contributed by atoms with Crippen molar-refractivity contribution in [3.8, 4) is 0 Å². The fourth-order valence-corrected chi connectivity index (χ4v) is 1.85. The molecule has 0 unspecified atom stereocenters. The quantitative estimate of drug-likeness (QED) is 0.601. The third-order valence-corrected chi connectivity index (χ3v) is 2.82. The summed E-state index contributed by atoms with van der Waals surface area (Å²) in [4.78, 5) is 10.4. The average Bonchev–Trinajstić information content (AvgIpc) is 2.26. The predicted octanol–water partition coefficient (Wildman–Crippen LogP) is 2.15. The molecule has 0 saturated heterocycles. The summed E-state index contributed by atoms with van der Waals surface area (Å²) >= 11 is 0. The Kier molecular flexibility index (Phi) is 5.25. The smallest absolute Gasteiger partial charge is 0.272 e. The Hall–Kier alpha value is -1.46. The molecule has 100 valence electrons. The summed E-state index contributed by atoms with van der Waals surface area (Å²) in [6.45, 7) is 6.02. The number of aliphatic hydroxyl groups is 1. The number of nitro groups is 1. The van der Waals surface area contributed by atoms with Crippen LogP contribution in [0.25, 0.3) is 0 Å². The number of aryl methyl sites for hydroxylation is 1. The largest absolute Gasteiger partial charge is 0.393 e. The summed E-state index contributed by atoms with van der Waals surface area (Å²) in [6, 6.07) is 5.40. The number of hydrogen-bond acceptors (Lipinski definition) is 4. The highest BCUT2D eigenvalue weighted by molar-refractivity contribution is 5.42. The Balaban J connectivity index is 2.63. The van der Waals surface area contributed by atoms with Crippen LogP contribution in [0, 0.1) is 17.0 Å². The predicted molar refractivity (Wildman–Crippen MR) is 70.4 cm³/mol. The standard InChI is InChI=1S/C13H20N2O3/c1-9-4-5-12(7-13(9)15(17)18)8-14-10(2)6-11(3)16/h4-5,7,10-11,14,16H,6,8H2,1-3H3/t10-,11-/m1/s1. The molecule has 0 bridgehead atoms. The van der Waals surface area contributed by atoms with Gasteiger partial charge in [0.15, 0.2) is 0 Å². The van der Waals surface area contributed by atoms with Gasteiger partial charge in [0, 0.05) is 24.2 Å². The van der Waals surface area contributed by atoms with E-state index in [4.69, 9.17) is 0 Å². The number of nitrogens with one attached hydrogen (secondary N) is 1. The molecule has 2 atom stereocenters. The third-order valence-electron chi connectivity index (χ3n) is 2.82. The second-order valence-corrected chi connectivity index (χ2v) is 4.74.